The van der Waals surface area contributed by atoms with E-state index in [4.69, 9.17) is 17.3 Å². The number of hydrogen-bond acceptors (Lipinski definition) is 3. The first-order chi connectivity index (χ1) is 10.2. The second kappa shape index (κ2) is 6.14. The molecular formula is C17H17ClN2S. The fourth-order valence-electron chi connectivity index (χ4n) is 2.49. The fourth-order valence-corrected chi connectivity index (χ4v) is 3.77. The van der Waals surface area contributed by atoms with Crippen LogP contribution in [0.1, 0.15) is 30.7 Å². The van der Waals surface area contributed by atoms with E-state index >= 15 is 0 Å². The summed E-state index contributed by atoms with van der Waals surface area (Å²) in [7, 11) is 0. The SMILES string of the molecule is CCCC(N)c1ccc(-c2ccc(Cl)c3cccnc23)s1. The molecule has 0 bridgehead atoms. The Morgan fingerprint density at radius 1 is 1.24 bits per heavy atom. The largest absolute Gasteiger partial charge is 0.323 e. The molecule has 0 aliphatic rings. The van der Waals surface area contributed by atoms with E-state index in [0.717, 1.165) is 34.3 Å². The first kappa shape index (κ1) is 14.5. The second-order valence-corrected chi connectivity index (χ2v) is 6.61. The van der Waals surface area contributed by atoms with Crippen molar-refractivity contribution in [2.45, 2.75) is 25.8 Å². The van der Waals surface area contributed by atoms with Gasteiger partial charge in [0.15, 0.2) is 0 Å². The van der Waals surface area contributed by atoms with Gasteiger partial charge >= 0.3 is 0 Å². The molecule has 0 aliphatic carbocycles. The molecule has 0 fully saturated rings. The van der Waals surface area contributed by atoms with Crippen molar-refractivity contribution in [3.8, 4) is 10.4 Å². The summed E-state index contributed by atoms with van der Waals surface area (Å²) < 4.78 is 0. The lowest BCUT2D eigenvalue weighted by molar-refractivity contribution is 0.648. The van der Waals surface area contributed by atoms with E-state index in [0.29, 0.717) is 0 Å². The molecule has 108 valence electrons. The normalized spacial score (nSPS) is 12.7. The minimum atomic E-state index is 0.125. The van der Waals surface area contributed by atoms with Crippen LogP contribution in [0.25, 0.3) is 21.3 Å². The van der Waals surface area contributed by atoms with Gasteiger partial charge in [0.25, 0.3) is 0 Å². The van der Waals surface area contributed by atoms with Crippen molar-refractivity contribution in [2.75, 3.05) is 0 Å². The lowest BCUT2D eigenvalue weighted by Crippen LogP contribution is -2.07. The van der Waals surface area contributed by atoms with Crippen molar-refractivity contribution in [1.29, 1.82) is 0 Å². The molecule has 0 aliphatic heterocycles. The molecular weight excluding hydrogens is 300 g/mol. The van der Waals surface area contributed by atoms with Gasteiger partial charge in [-0.25, -0.2) is 0 Å². The summed E-state index contributed by atoms with van der Waals surface area (Å²) in [5.41, 5.74) is 8.27. The molecule has 3 rings (SSSR count). The zero-order valence-corrected chi connectivity index (χ0v) is 13.4. The van der Waals surface area contributed by atoms with E-state index in [2.05, 4.69) is 24.0 Å². The summed E-state index contributed by atoms with van der Waals surface area (Å²) in [5, 5.41) is 1.73. The van der Waals surface area contributed by atoms with E-state index in [1.165, 1.54) is 9.75 Å². The number of rotatable bonds is 4. The highest BCUT2D eigenvalue weighted by atomic mass is 35.5. The van der Waals surface area contributed by atoms with Crippen LogP contribution >= 0.6 is 22.9 Å². The minimum Gasteiger partial charge on any atom is -0.323 e. The first-order valence-corrected chi connectivity index (χ1v) is 8.29. The van der Waals surface area contributed by atoms with Gasteiger partial charge in [0, 0.05) is 32.9 Å². The molecule has 1 atom stereocenters. The molecule has 21 heavy (non-hydrogen) atoms. The summed E-state index contributed by atoms with van der Waals surface area (Å²) in [4.78, 5) is 6.92. The van der Waals surface area contributed by atoms with Gasteiger partial charge in [-0.3, -0.25) is 4.98 Å². The Labute approximate surface area is 133 Å². The maximum atomic E-state index is 6.26. The predicted molar refractivity (Wildman–Crippen MR) is 91.9 cm³/mol. The lowest BCUT2D eigenvalue weighted by atomic mass is 10.1. The highest BCUT2D eigenvalue weighted by molar-refractivity contribution is 7.15. The van der Waals surface area contributed by atoms with Crippen LogP contribution in [-0.2, 0) is 0 Å². The maximum Gasteiger partial charge on any atom is 0.0803 e. The Kier molecular flexibility index (Phi) is 4.24. The summed E-state index contributed by atoms with van der Waals surface area (Å²) in [6, 6.07) is 12.3. The van der Waals surface area contributed by atoms with Crippen molar-refractivity contribution < 1.29 is 0 Å². The number of hydrogen-bond donors (Lipinski definition) is 1. The summed E-state index contributed by atoms with van der Waals surface area (Å²) in [5.74, 6) is 0. The van der Waals surface area contributed by atoms with Crippen molar-refractivity contribution in [2.24, 2.45) is 5.73 Å². The molecule has 3 aromatic rings. The summed E-state index contributed by atoms with van der Waals surface area (Å²) in [6.45, 7) is 2.16. The van der Waals surface area contributed by atoms with Crippen molar-refractivity contribution in [3.05, 3.63) is 52.5 Å². The molecule has 2 N–H and O–H groups in total. The third kappa shape index (κ3) is 2.82. The molecule has 4 heteroatoms. The fraction of sp³-hybridized carbons (Fsp3) is 0.235. The van der Waals surface area contributed by atoms with Crippen LogP contribution in [0, 0.1) is 0 Å². The van der Waals surface area contributed by atoms with Gasteiger partial charge in [0.05, 0.1) is 10.5 Å². The average molecular weight is 317 g/mol. The number of fused-ring (bicyclic) bond motifs is 1. The standard InChI is InChI=1S/C17H17ClN2S/c1-2-4-14(19)16-9-8-15(21-16)12-6-7-13(18)11-5-3-10-20-17(11)12/h3,5-10,14H,2,4,19H2,1H3. The molecule has 2 aromatic heterocycles. The van der Waals surface area contributed by atoms with E-state index in [1.807, 2.05) is 24.3 Å². The van der Waals surface area contributed by atoms with Gasteiger partial charge in [-0.05, 0) is 42.8 Å². The van der Waals surface area contributed by atoms with E-state index in [9.17, 15) is 0 Å². The van der Waals surface area contributed by atoms with Crippen LogP contribution in [0.5, 0.6) is 0 Å². The molecule has 1 unspecified atom stereocenters. The Hall–Kier alpha value is -1.42. The quantitative estimate of drug-likeness (QED) is 0.698. The lowest BCUT2D eigenvalue weighted by Gasteiger charge is -2.07. The van der Waals surface area contributed by atoms with Crippen molar-refractivity contribution >= 4 is 33.8 Å². The van der Waals surface area contributed by atoms with E-state index < -0.39 is 0 Å². The smallest absolute Gasteiger partial charge is 0.0803 e. The van der Waals surface area contributed by atoms with Gasteiger partial charge in [0.2, 0.25) is 0 Å². The number of thiophene rings is 1. The van der Waals surface area contributed by atoms with E-state index in [-0.39, 0.29) is 6.04 Å². The van der Waals surface area contributed by atoms with Crippen LogP contribution in [0.3, 0.4) is 0 Å². The molecule has 0 radical (unpaired) electrons. The second-order valence-electron chi connectivity index (χ2n) is 5.09. The minimum absolute atomic E-state index is 0.125. The van der Waals surface area contributed by atoms with Gasteiger partial charge in [-0.1, -0.05) is 24.9 Å². The van der Waals surface area contributed by atoms with Crippen LogP contribution in [0.4, 0.5) is 0 Å². The highest BCUT2D eigenvalue weighted by Gasteiger charge is 2.12. The number of nitrogens with zero attached hydrogens (tertiary/aromatic N) is 1. The Morgan fingerprint density at radius 2 is 2.10 bits per heavy atom. The molecule has 0 saturated carbocycles. The number of halogens is 1. The number of pyridine rings is 1. The molecule has 2 nitrogen and oxygen atoms in total. The molecule has 0 saturated heterocycles. The van der Waals surface area contributed by atoms with Crippen molar-refractivity contribution in [3.63, 3.8) is 0 Å². The molecule has 0 amide bonds. The molecule has 1 aromatic carbocycles. The highest BCUT2D eigenvalue weighted by Crippen LogP contribution is 2.37. The zero-order chi connectivity index (χ0) is 14.8. The maximum absolute atomic E-state index is 6.26. The summed E-state index contributed by atoms with van der Waals surface area (Å²) >= 11 is 8.00. The molecule has 2 heterocycles. The van der Waals surface area contributed by atoms with Crippen LogP contribution in [0.2, 0.25) is 5.02 Å². The van der Waals surface area contributed by atoms with Gasteiger partial charge in [-0.15, -0.1) is 11.3 Å². The average Bonchev–Trinajstić information content (AvgIpc) is 2.98. The van der Waals surface area contributed by atoms with Crippen LogP contribution in [-0.4, -0.2) is 4.98 Å². The van der Waals surface area contributed by atoms with Gasteiger partial charge in [0.1, 0.15) is 0 Å². The number of benzene rings is 1. The summed E-state index contributed by atoms with van der Waals surface area (Å²) in [6.07, 6.45) is 3.92. The Balaban J connectivity index is 2.07. The third-order valence-electron chi connectivity index (χ3n) is 3.57. The molecule has 0 spiro atoms. The monoisotopic (exact) mass is 316 g/mol. The third-order valence-corrected chi connectivity index (χ3v) is 5.15. The number of aromatic nitrogens is 1. The number of nitrogens with two attached hydrogens (primary N) is 1. The predicted octanol–water partition coefficient (Wildman–Crippen LogP) is 5.42. The Morgan fingerprint density at radius 3 is 2.90 bits per heavy atom. The van der Waals surface area contributed by atoms with Gasteiger partial charge in [-0.2, -0.15) is 0 Å². The van der Waals surface area contributed by atoms with Crippen LogP contribution in [0.15, 0.2) is 42.6 Å². The topological polar surface area (TPSA) is 38.9 Å². The van der Waals surface area contributed by atoms with Crippen LogP contribution < -0.4 is 5.73 Å². The Bertz CT molecular complexity index is 766. The van der Waals surface area contributed by atoms with E-state index in [1.54, 1.807) is 17.5 Å². The first-order valence-electron chi connectivity index (χ1n) is 7.09. The van der Waals surface area contributed by atoms with Crippen molar-refractivity contribution in [1.82, 2.24) is 4.98 Å². The van der Waals surface area contributed by atoms with Gasteiger partial charge < -0.3 is 5.73 Å². The zero-order valence-electron chi connectivity index (χ0n) is 11.8.